The summed E-state index contributed by atoms with van der Waals surface area (Å²) < 4.78 is 0. The van der Waals surface area contributed by atoms with Crippen LogP contribution in [0.1, 0.15) is 26.3 Å². The van der Waals surface area contributed by atoms with E-state index in [2.05, 4.69) is 10.6 Å². The van der Waals surface area contributed by atoms with E-state index in [1.165, 1.54) is 30.3 Å². The molecule has 0 heterocycles. The van der Waals surface area contributed by atoms with Crippen molar-refractivity contribution in [2.24, 2.45) is 5.41 Å². The molecular weight excluding hydrogens is 417 g/mol. The normalized spacial score (nSPS) is 11.7. The van der Waals surface area contributed by atoms with E-state index in [9.17, 15) is 19.7 Å². The Morgan fingerprint density at radius 3 is 2.07 bits per heavy atom. The van der Waals surface area contributed by atoms with Crippen LogP contribution in [0, 0.1) is 15.5 Å². The van der Waals surface area contributed by atoms with Gasteiger partial charge in [-0.1, -0.05) is 50.0 Å². The van der Waals surface area contributed by atoms with E-state index < -0.39 is 16.2 Å². The first kappa shape index (κ1) is 22.4. The minimum atomic E-state index is -0.753. The molecule has 2 aromatic carbocycles. The lowest BCUT2D eigenvalue weighted by atomic mass is 9.95. The molecule has 0 radical (unpaired) electrons. The van der Waals surface area contributed by atoms with Crippen molar-refractivity contribution in [1.29, 1.82) is 0 Å². The van der Waals surface area contributed by atoms with Gasteiger partial charge in [0, 0.05) is 38.8 Å². The summed E-state index contributed by atoms with van der Waals surface area (Å²) in [7, 11) is 0. The van der Waals surface area contributed by atoms with Gasteiger partial charge < -0.3 is 10.6 Å². The maximum absolute atomic E-state index is 12.8. The van der Waals surface area contributed by atoms with Gasteiger partial charge in [-0.15, -0.1) is 0 Å². The molecule has 0 saturated carbocycles. The average molecular weight is 436 g/mol. The molecule has 7 nitrogen and oxygen atoms in total. The number of nitro groups is 1. The smallest absolute Gasteiger partial charge is 0.272 e. The van der Waals surface area contributed by atoms with Crippen LogP contribution < -0.4 is 10.6 Å². The van der Waals surface area contributed by atoms with Gasteiger partial charge in [-0.05, 0) is 30.3 Å². The van der Waals surface area contributed by atoms with Crippen LogP contribution in [0.25, 0.3) is 6.08 Å². The van der Waals surface area contributed by atoms with Crippen molar-refractivity contribution in [3.05, 3.63) is 73.9 Å². The minimum Gasteiger partial charge on any atom is -0.321 e. The molecule has 9 heteroatoms. The fraction of sp³-hybridized carbons (Fsp3) is 0.200. The van der Waals surface area contributed by atoms with Crippen LogP contribution in [0.4, 0.5) is 11.4 Å². The molecule has 2 N–H and O–H groups in total. The predicted molar refractivity (Wildman–Crippen MR) is 114 cm³/mol. The molecular formula is C20H19Cl2N3O4. The van der Waals surface area contributed by atoms with E-state index in [0.717, 1.165) is 0 Å². The third-order valence-corrected chi connectivity index (χ3v) is 4.46. The lowest BCUT2D eigenvalue weighted by Crippen LogP contribution is -2.38. The van der Waals surface area contributed by atoms with Gasteiger partial charge in [-0.25, -0.2) is 0 Å². The second-order valence-corrected chi connectivity index (χ2v) is 7.97. The summed E-state index contributed by atoms with van der Waals surface area (Å²) >= 11 is 12.3. The van der Waals surface area contributed by atoms with Gasteiger partial charge in [0.25, 0.3) is 11.6 Å². The number of hydrogen-bond donors (Lipinski definition) is 2. The molecule has 2 amide bonds. The zero-order chi connectivity index (χ0) is 21.8. The lowest BCUT2D eigenvalue weighted by Gasteiger charge is -2.19. The molecule has 0 spiro atoms. The van der Waals surface area contributed by atoms with Gasteiger partial charge in [0.1, 0.15) is 5.70 Å². The van der Waals surface area contributed by atoms with Crippen molar-refractivity contribution in [3.63, 3.8) is 0 Å². The Morgan fingerprint density at radius 1 is 1.03 bits per heavy atom. The summed E-state index contributed by atoms with van der Waals surface area (Å²) in [5, 5.41) is 16.6. The maximum atomic E-state index is 12.8. The minimum absolute atomic E-state index is 0.0710. The Kier molecular flexibility index (Phi) is 7.00. The molecule has 0 aliphatic heterocycles. The van der Waals surface area contributed by atoms with Crippen LogP contribution in [0.3, 0.4) is 0 Å². The van der Waals surface area contributed by atoms with E-state index in [4.69, 9.17) is 23.2 Å². The topological polar surface area (TPSA) is 101 Å². The summed E-state index contributed by atoms with van der Waals surface area (Å²) in [6.45, 7) is 5.12. The molecule has 0 aliphatic rings. The second-order valence-electron chi connectivity index (χ2n) is 7.16. The highest BCUT2D eigenvalue weighted by molar-refractivity contribution is 6.37. The fourth-order valence-corrected chi connectivity index (χ4v) is 2.63. The highest BCUT2D eigenvalue weighted by Gasteiger charge is 2.24. The van der Waals surface area contributed by atoms with E-state index >= 15 is 0 Å². The molecule has 0 bridgehead atoms. The van der Waals surface area contributed by atoms with Crippen molar-refractivity contribution < 1.29 is 14.5 Å². The van der Waals surface area contributed by atoms with Gasteiger partial charge >= 0.3 is 0 Å². The lowest BCUT2D eigenvalue weighted by molar-refractivity contribution is -0.384. The Morgan fingerprint density at radius 2 is 1.59 bits per heavy atom. The zero-order valence-electron chi connectivity index (χ0n) is 16.0. The van der Waals surface area contributed by atoms with Crippen LogP contribution in [-0.4, -0.2) is 16.7 Å². The number of carbonyl (C=O) groups is 2. The largest absolute Gasteiger partial charge is 0.321 e. The molecule has 2 aromatic rings. The molecule has 0 atom stereocenters. The summed E-state index contributed by atoms with van der Waals surface area (Å²) in [6.07, 6.45) is 1.38. The van der Waals surface area contributed by atoms with Crippen molar-refractivity contribution in [2.45, 2.75) is 20.8 Å². The molecule has 0 saturated heterocycles. The first-order valence-corrected chi connectivity index (χ1v) is 9.27. The fourth-order valence-electron chi connectivity index (χ4n) is 2.13. The Hall–Kier alpha value is -2.90. The van der Waals surface area contributed by atoms with Crippen molar-refractivity contribution >= 4 is 52.5 Å². The van der Waals surface area contributed by atoms with E-state index in [-0.39, 0.29) is 17.3 Å². The highest BCUT2D eigenvalue weighted by Crippen LogP contribution is 2.27. The Balaban J connectivity index is 2.38. The Labute approximate surface area is 177 Å². The first-order chi connectivity index (χ1) is 13.5. The average Bonchev–Trinajstić information content (AvgIpc) is 2.63. The summed E-state index contributed by atoms with van der Waals surface area (Å²) in [5.41, 5.74) is -0.238. The Bertz CT molecular complexity index is 960. The van der Waals surface area contributed by atoms with Crippen LogP contribution in [0.15, 0.2) is 48.2 Å². The number of hydrogen-bond acceptors (Lipinski definition) is 4. The number of anilines is 1. The third-order valence-electron chi connectivity index (χ3n) is 3.80. The van der Waals surface area contributed by atoms with Gasteiger partial charge in [0.05, 0.1) is 4.92 Å². The number of halogens is 2. The standard InChI is InChI=1S/C20H19Cl2N3O4/c1-20(2,3)19(27)24-17(11-14-15(21)5-4-6-16(14)22)18(26)23-12-7-9-13(10-8-12)25(28)29/h4-11H,1-3H3,(H,23,26)(H,24,27)/b17-11+. The van der Waals surface area contributed by atoms with E-state index in [1.54, 1.807) is 39.0 Å². The molecule has 0 fully saturated rings. The molecule has 0 aromatic heterocycles. The van der Waals surface area contributed by atoms with Gasteiger partial charge in [-0.2, -0.15) is 0 Å². The van der Waals surface area contributed by atoms with Crippen LogP contribution >= 0.6 is 23.2 Å². The van der Waals surface area contributed by atoms with E-state index in [1.807, 2.05) is 0 Å². The molecule has 0 unspecified atom stereocenters. The number of carbonyl (C=O) groups excluding carboxylic acids is 2. The number of nitro benzene ring substituents is 1. The number of rotatable bonds is 5. The number of amides is 2. The molecule has 152 valence electrons. The molecule has 0 aliphatic carbocycles. The molecule has 2 rings (SSSR count). The number of nitrogens with zero attached hydrogens (tertiary/aromatic N) is 1. The van der Waals surface area contributed by atoms with Crippen molar-refractivity contribution in [3.8, 4) is 0 Å². The van der Waals surface area contributed by atoms with Crippen LogP contribution in [0.5, 0.6) is 0 Å². The predicted octanol–water partition coefficient (Wildman–Crippen LogP) is 5.04. The maximum Gasteiger partial charge on any atom is 0.272 e. The monoisotopic (exact) mass is 435 g/mol. The molecule has 29 heavy (non-hydrogen) atoms. The van der Waals surface area contributed by atoms with Crippen LogP contribution in [0.2, 0.25) is 10.0 Å². The van der Waals surface area contributed by atoms with Crippen molar-refractivity contribution in [2.75, 3.05) is 5.32 Å². The van der Waals surface area contributed by atoms with E-state index in [0.29, 0.717) is 21.3 Å². The first-order valence-electron chi connectivity index (χ1n) is 8.52. The zero-order valence-corrected chi connectivity index (χ0v) is 17.5. The van der Waals surface area contributed by atoms with Gasteiger partial charge in [0.15, 0.2) is 0 Å². The number of non-ortho nitro benzene ring substituents is 1. The number of nitrogens with one attached hydrogen (secondary N) is 2. The summed E-state index contributed by atoms with van der Waals surface area (Å²) in [5.74, 6) is -1.02. The van der Waals surface area contributed by atoms with Crippen LogP contribution in [-0.2, 0) is 9.59 Å². The summed E-state index contributed by atoms with van der Waals surface area (Å²) in [4.78, 5) is 35.5. The SMILES string of the molecule is CC(C)(C)C(=O)N/C(=C/c1c(Cl)cccc1Cl)C(=O)Nc1ccc([N+](=O)[O-])cc1. The summed E-state index contributed by atoms with van der Waals surface area (Å²) in [6, 6.07) is 10.2. The quantitative estimate of drug-likeness (QED) is 0.389. The number of benzene rings is 2. The van der Waals surface area contributed by atoms with Gasteiger partial charge in [-0.3, -0.25) is 19.7 Å². The highest BCUT2D eigenvalue weighted by atomic mass is 35.5. The van der Waals surface area contributed by atoms with Crippen molar-refractivity contribution in [1.82, 2.24) is 5.32 Å². The van der Waals surface area contributed by atoms with Gasteiger partial charge in [0.2, 0.25) is 5.91 Å². The third kappa shape index (κ3) is 6.04. The second kappa shape index (κ2) is 9.07.